The molecule has 2 fully saturated rings. The van der Waals surface area contributed by atoms with Gasteiger partial charge < -0.3 is 19.7 Å². The molecular weight excluding hydrogens is 368 g/mol. The fourth-order valence-electron chi connectivity index (χ4n) is 3.83. The Balaban J connectivity index is 1.30. The zero-order valence-electron chi connectivity index (χ0n) is 16.4. The van der Waals surface area contributed by atoms with Gasteiger partial charge in [0.05, 0.1) is 18.7 Å². The number of fused-ring (bicyclic) bond motifs is 1. The summed E-state index contributed by atoms with van der Waals surface area (Å²) in [6.45, 7) is 5.13. The smallest absolute Gasteiger partial charge is 0.149 e. The van der Waals surface area contributed by atoms with Gasteiger partial charge in [0.2, 0.25) is 0 Å². The number of morpholine rings is 1. The van der Waals surface area contributed by atoms with Crippen LogP contribution in [0.3, 0.4) is 0 Å². The highest BCUT2D eigenvalue weighted by molar-refractivity contribution is 5.85. The summed E-state index contributed by atoms with van der Waals surface area (Å²) in [6.07, 6.45) is 7.22. The quantitative estimate of drug-likeness (QED) is 0.709. The molecule has 1 aliphatic carbocycles. The van der Waals surface area contributed by atoms with Crippen molar-refractivity contribution >= 4 is 22.5 Å². The van der Waals surface area contributed by atoms with E-state index < -0.39 is 0 Å². The fourth-order valence-corrected chi connectivity index (χ4v) is 3.83. The van der Waals surface area contributed by atoms with Gasteiger partial charge in [0.25, 0.3) is 0 Å². The van der Waals surface area contributed by atoms with E-state index in [1.807, 2.05) is 13.0 Å². The summed E-state index contributed by atoms with van der Waals surface area (Å²) in [4.78, 5) is 19.9. The molecule has 0 amide bonds. The molecule has 0 atom stereocenters. The van der Waals surface area contributed by atoms with Crippen molar-refractivity contribution in [2.45, 2.75) is 31.9 Å². The summed E-state index contributed by atoms with van der Waals surface area (Å²) in [6, 6.07) is 6.44. The lowest BCUT2D eigenvalue weighted by molar-refractivity contribution is 0.109. The Kier molecular flexibility index (Phi) is 4.85. The van der Waals surface area contributed by atoms with Crippen LogP contribution >= 0.6 is 0 Å². The van der Waals surface area contributed by atoms with Crippen molar-refractivity contribution in [3.63, 3.8) is 0 Å². The second kappa shape index (κ2) is 7.79. The van der Waals surface area contributed by atoms with E-state index in [2.05, 4.69) is 42.3 Å². The number of aryl methyl sites for hydroxylation is 1. The molecule has 1 aromatic carbocycles. The third-order valence-corrected chi connectivity index (χ3v) is 5.42. The summed E-state index contributed by atoms with van der Waals surface area (Å²) < 4.78 is 11.8. The number of anilines is 2. The van der Waals surface area contributed by atoms with Gasteiger partial charge in [0.1, 0.15) is 29.0 Å². The zero-order valence-corrected chi connectivity index (χ0v) is 16.4. The van der Waals surface area contributed by atoms with Gasteiger partial charge >= 0.3 is 0 Å². The summed E-state index contributed by atoms with van der Waals surface area (Å²) in [5, 5.41) is 3.45. The van der Waals surface area contributed by atoms with E-state index in [1.54, 1.807) is 18.6 Å². The molecule has 1 saturated heterocycles. The molecule has 0 radical (unpaired) electrons. The molecule has 0 bridgehead atoms. The van der Waals surface area contributed by atoms with Gasteiger partial charge in [-0.15, -0.1) is 0 Å². The second-order valence-electron chi connectivity index (χ2n) is 7.51. The maximum Gasteiger partial charge on any atom is 0.149 e. The first-order valence-corrected chi connectivity index (χ1v) is 10.0. The molecule has 150 valence electrons. The monoisotopic (exact) mass is 392 g/mol. The molecule has 3 heterocycles. The topological polar surface area (TPSA) is 85.3 Å². The number of nitrogens with zero attached hydrogens (tertiary/aromatic N) is 5. The predicted molar refractivity (Wildman–Crippen MR) is 110 cm³/mol. The molecular formula is C21H24N6O2. The normalized spacial score (nSPS) is 21.6. The molecule has 2 aromatic heterocycles. The van der Waals surface area contributed by atoms with Crippen molar-refractivity contribution in [1.29, 1.82) is 0 Å². The van der Waals surface area contributed by atoms with Crippen LogP contribution in [0, 0.1) is 6.92 Å². The summed E-state index contributed by atoms with van der Waals surface area (Å²) >= 11 is 0. The largest absolute Gasteiger partial charge is 0.488 e. The number of hydrogen-bond acceptors (Lipinski definition) is 8. The predicted octanol–water partition coefficient (Wildman–Crippen LogP) is 2.59. The van der Waals surface area contributed by atoms with E-state index in [0.29, 0.717) is 6.04 Å². The van der Waals surface area contributed by atoms with Crippen molar-refractivity contribution in [3.8, 4) is 5.75 Å². The molecule has 8 nitrogen and oxygen atoms in total. The zero-order chi connectivity index (χ0) is 19.6. The average molecular weight is 392 g/mol. The van der Waals surface area contributed by atoms with Crippen molar-refractivity contribution in [3.05, 3.63) is 42.6 Å². The van der Waals surface area contributed by atoms with Gasteiger partial charge in [-0.2, -0.15) is 0 Å². The molecule has 29 heavy (non-hydrogen) atoms. The van der Waals surface area contributed by atoms with Gasteiger partial charge in [-0.05, 0) is 19.1 Å². The lowest BCUT2D eigenvalue weighted by Crippen LogP contribution is -2.42. The standard InChI is InChI=1S/C21H24N6O2/c1-14-22-3-2-20(25-14)26-15-10-17(11-15)29-19-13-16(27-6-8-28-9-7-27)12-18-21(19)24-5-4-23-18/h2-5,12-13,15,17H,6-11H2,1H3,(H,22,25,26)/t15-,17+. The maximum absolute atomic E-state index is 6.35. The number of nitrogens with one attached hydrogen (secondary N) is 1. The van der Waals surface area contributed by atoms with Crippen molar-refractivity contribution in [2.75, 3.05) is 36.5 Å². The Bertz CT molecular complexity index is 1000. The minimum absolute atomic E-state index is 0.153. The molecule has 1 aliphatic heterocycles. The Morgan fingerprint density at radius 1 is 1.07 bits per heavy atom. The highest BCUT2D eigenvalue weighted by Gasteiger charge is 2.32. The van der Waals surface area contributed by atoms with Crippen molar-refractivity contribution in [2.24, 2.45) is 0 Å². The summed E-state index contributed by atoms with van der Waals surface area (Å²) in [7, 11) is 0. The van der Waals surface area contributed by atoms with Crippen molar-refractivity contribution in [1.82, 2.24) is 19.9 Å². The number of aromatic nitrogens is 4. The van der Waals surface area contributed by atoms with E-state index in [4.69, 9.17) is 9.47 Å². The Labute approximate surface area is 169 Å². The number of hydrogen-bond donors (Lipinski definition) is 1. The lowest BCUT2D eigenvalue weighted by Gasteiger charge is -2.36. The van der Waals surface area contributed by atoms with E-state index in [0.717, 1.165) is 73.3 Å². The van der Waals surface area contributed by atoms with Crippen LogP contribution in [-0.2, 0) is 4.74 Å². The third-order valence-electron chi connectivity index (χ3n) is 5.42. The Morgan fingerprint density at radius 3 is 2.72 bits per heavy atom. The molecule has 3 aromatic rings. The first kappa shape index (κ1) is 18.1. The number of rotatable bonds is 5. The Morgan fingerprint density at radius 2 is 1.90 bits per heavy atom. The Hall–Kier alpha value is -3.00. The second-order valence-corrected chi connectivity index (χ2v) is 7.51. The highest BCUT2D eigenvalue weighted by Crippen LogP contribution is 2.34. The number of ether oxygens (including phenoxy) is 2. The lowest BCUT2D eigenvalue weighted by atomic mass is 9.89. The van der Waals surface area contributed by atoms with Crippen molar-refractivity contribution < 1.29 is 9.47 Å². The van der Waals surface area contributed by atoms with Gasteiger partial charge in [0, 0.05) is 62.3 Å². The van der Waals surface area contributed by atoms with E-state index >= 15 is 0 Å². The van der Waals surface area contributed by atoms with Crippen LogP contribution < -0.4 is 15.0 Å². The average Bonchev–Trinajstić information content (AvgIpc) is 2.72. The van der Waals surface area contributed by atoms with Gasteiger partial charge in [0.15, 0.2) is 0 Å². The molecule has 2 aliphatic rings. The van der Waals surface area contributed by atoms with Gasteiger partial charge in [-0.3, -0.25) is 4.98 Å². The minimum atomic E-state index is 0.153. The van der Waals surface area contributed by atoms with E-state index in [-0.39, 0.29) is 6.10 Å². The van der Waals surface area contributed by atoms with Gasteiger partial charge in [-0.1, -0.05) is 0 Å². The molecule has 0 spiro atoms. The molecule has 8 heteroatoms. The van der Waals surface area contributed by atoms with Crippen LogP contribution in [-0.4, -0.2) is 58.4 Å². The fraction of sp³-hybridized carbons (Fsp3) is 0.429. The van der Waals surface area contributed by atoms with Crippen LogP contribution in [0.4, 0.5) is 11.5 Å². The molecule has 0 unspecified atom stereocenters. The van der Waals surface area contributed by atoms with Crippen LogP contribution in [0.1, 0.15) is 18.7 Å². The van der Waals surface area contributed by atoms with E-state index in [1.165, 1.54) is 0 Å². The first-order chi connectivity index (χ1) is 14.2. The number of benzene rings is 1. The van der Waals surface area contributed by atoms with Gasteiger partial charge in [-0.25, -0.2) is 15.0 Å². The summed E-state index contributed by atoms with van der Waals surface area (Å²) in [5.74, 6) is 2.44. The summed E-state index contributed by atoms with van der Waals surface area (Å²) in [5.41, 5.74) is 2.78. The molecule has 1 saturated carbocycles. The first-order valence-electron chi connectivity index (χ1n) is 10.0. The highest BCUT2D eigenvalue weighted by atomic mass is 16.5. The third kappa shape index (κ3) is 3.93. The van der Waals surface area contributed by atoms with Crippen LogP contribution in [0.15, 0.2) is 36.8 Å². The van der Waals surface area contributed by atoms with Crippen LogP contribution in [0.25, 0.3) is 11.0 Å². The minimum Gasteiger partial charge on any atom is -0.488 e. The van der Waals surface area contributed by atoms with E-state index in [9.17, 15) is 0 Å². The molecule has 5 rings (SSSR count). The van der Waals surface area contributed by atoms with Crippen LogP contribution in [0.2, 0.25) is 0 Å². The SMILES string of the molecule is Cc1nccc(N[C@H]2C[C@@H](Oc3cc(N4CCOCC4)cc4nccnc34)C2)n1. The maximum atomic E-state index is 6.35. The molecule has 1 N–H and O–H groups in total. The van der Waals surface area contributed by atoms with Crippen LogP contribution in [0.5, 0.6) is 5.75 Å².